The quantitative estimate of drug-likeness (QED) is 0.445. The molecule has 0 fully saturated rings. The third-order valence-corrected chi connectivity index (χ3v) is 4.98. The molecule has 0 saturated carbocycles. The van der Waals surface area contributed by atoms with Gasteiger partial charge in [-0.1, -0.05) is 19.9 Å². The van der Waals surface area contributed by atoms with Crippen molar-refractivity contribution < 1.29 is 23.8 Å². The van der Waals surface area contributed by atoms with Gasteiger partial charge in [0.1, 0.15) is 5.75 Å². The molecule has 6 nitrogen and oxygen atoms in total. The maximum absolute atomic E-state index is 12.5. The largest absolute Gasteiger partial charge is 0.482 e. The molecule has 0 spiro atoms. The van der Waals surface area contributed by atoms with Gasteiger partial charge < -0.3 is 18.8 Å². The van der Waals surface area contributed by atoms with E-state index in [4.69, 9.17) is 14.2 Å². The average Bonchev–Trinajstić information content (AvgIpc) is 2.96. The second kappa shape index (κ2) is 10.3. The van der Waals surface area contributed by atoms with Gasteiger partial charge in [-0.15, -0.1) is 0 Å². The molecule has 0 aliphatic rings. The SMILES string of the molecule is COCCn1c(C)cc(C(=O)COC(=O)COc2ccc(C(C)C)c(C)c2)c1C. The van der Waals surface area contributed by atoms with E-state index in [0.29, 0.717) is 30.4 Å². The van der Waals surface area contributed by atoms with Crippen molar-refractivity contribution in [1.29, 1.82) is 0 Å². The van der Waals surface area contributed by atoms with E-state index in [2.05, 4.69) is 13.8 Å². The van der Waals surface area contributed by atoms with Crippen LogP contribution in [0.3, 0.4) is 0 Å². The lowest BCUT2D eigenvalue weighted by atomic mass is 9.98. The molecule has 0 bridgehead atoms. The first-order chi connectivity index (χ1) is 13.7. The summed E-state index contributed by atoms with van der Waals surface area (Å²) in [6.07, 6.45) is 0. The van der Waals surface area contributed by atoms with E-state index >= 15 is 0 Å². The second-order valence-electron chi connectivity index (χ2n) is 7.47. The van der Waals surface area contributed by atoms with Crippen molar-refractivity contribution in [1.82, 2.24) is 4.57 Å². The number of carbonyl (C=O) groups is 2. The van der Waals surface area contributed by atoms with Crippen LogP contribution in [-0.2, 0) is 20.8 Å². The molecule has 2 aromatic rings. The topological polar surface area (TPSA) is 66.8 Å². The van der Waals surface area contributed by atoms with Crippen LogP contribution in [0.4, 0.5) is 0 Å². The van der Waals surface area contributed by atoms with Gasteiger partial charge in [-0.05, 0) is 56.0 Å². The highest BCUT2D eigenvalue weighted by molar-refractivity contribution is 5.99. The Labute approximate surface area is 172 Å². The van der Waals surface area contributed by atoms with Gasteiger partial charge in [-0.25, -0.2) is 4.79 Å². The molecule has 1 aromatic carbocycles. The Morgan fingerprint density at radius 3 is 2.41 bits per heavy atom. The Kier molecular flexibility index (Phi) is 8.02. The molecule has 0 amide bonds. The minimum Gasteiger partial charge on any atom is -0.482 e. The van der Waals surface area contributed by atoms with E-state index in [-0.39, 0.29) is 19.0 Å². The van der Waals surface area contributed by atoms with Crippen molar-refractivity contribution in [2.24, 2.45) is 0 Å². The number of methoxy groups -OCH3 is 1. The number of aryl methyl sites for hydroxylation is 2. The second-order valence-corrected chi connectivity index (χ2v) is 7.47. The summed E-state index contributed by atoms with van der Waals surface area (Å²) in [6.45, 7) is 10.8. The maximum atomic E-state index is 12.5. The van der Waals surface area contributed by atoms with Gasteiger partial charge in [0.25, 0.3) is 0 Å². The standard InChI is InChI=1S/C23H31NO5/c1-15(2)20-8-7-19(11-16(20)3)28-14-23(26)29-13-22(25)21-12-17(4)24(18(21)5)9-10-27-6/h7-8,11-12,15H,9-10,13-14H2,1-6H3. The summed E-state index contributed by atoms with van der Waals surface area (Å²) >= 11 is 0. The van der Waals surface area contributed by atoms with Crippen LogP contribution in [0, 0.1) is 20.8 Å². The first kappa shape index (κ1) is 22.7. The fourth-order valence-corrected chi connectivity index (χ4v) is 3.40. The van der Waals surface area contributed by atoms with Crippen LogP contribution >= 0.6 is 0 Å². The van der Waals surface area contributed by atoms with Crippen molar-refractivity contribution in [3.8, 4) is 5.75 Å². The molecule has 6 heteroatoms. The molecule has 158 valence electrons. The molecule has 0 aliphatic carbocycles. The number of esters is 1. The van der Waals surface area contributed by atoms with Gasteiger partial charge in [-0.2, -0.15) is 0 Å². The van der Waals surface area contributed by atoms with E-state index < -0.39 is 5.97 Å². The average molecular weight is 402 g/mol. The lowest BCUT2D eigenvalue weighted by Gasteiger charge is -2.12. The number of benzene rings is 1. The van der Waals surface area contributed by atoms with Crippen molar-refractivity contribution >= 4 is 11.8 Å². The molecule has 0 aliphatic heterocycles. The predicted octanol–water partition coefficient (Wildman–Crippen LogP) is 3.99. The maximum Gasteiger partial charge on any atom is 0.344 e. The number of carbonyl (C=O) groups excluding carboxylic acids is 2. The van der Waals surface area contributed by atoms with Crippen molar-refractivity contribution in [3.63, 3.8) is 0 Å². The molecule has 0 radical (unpaired) electrons. The molecule has 0 atom stereocenters. The van der Waals surface area contributed by atoms with Crippen LogP contribution in [0.1, 0.15) is 52.6 Å². The summed E-state index contributed by atoms with van der Waals surface area (Å²) in [5.41, 5.74) is 4.74. The first-order valence-corrected chi connectivity index (χ1v) is 9.82. The first-order valence-electron chi connectivity index (χ1n) is 9.82. The lowest BCUT2D eigenvalue weighted by Crippen LogP contribution is -2.20. The van der Waals surface area contributed by atoms with Gasteiger partial charge in [0.05, 0.1) is 6.61 Å². The fraction of sp³-hybridized carbons (Fsp3) is 0.478. The summed E-state index contributed by atoms with van der Waals surface area (Å²) in [4.78, 5) is 24.5. The van der Waals surface area contributed by atoms with Crippen LogP contribution in [0.2, 0.25) is 0 Å². The Morgan fingerprint density at radius 2 is 1.79 bits per heavy atom. The summed E-state index contributed by atoms with van der Waals surface area (Å²) < 4.78 is 17.7. The number of hydrogen-bond donors (Lipinski definition) is 0. The van der Waals surface area contributed by atoms with E-state index in [1.807, 2.05) is 49.6 Å². The smallest absolute Gasteiger partial charge is 0.344 e. The zero-order valence-corrected chi connectivity index (χ0v) is 18.2. The number of aromatic nitrogens is 1. The molecule has 2 rings (SSSR count). The van der Waals surface area contributed by atoms with E-state index in [0.717, 1.165) is 17.0 Å². The minimum atomic E-state index is -0.572. The number of ether oxygens (including phenoxy) is 3. The third kappa shape index (κ3) is 5.94. The molecule has 0 saturated heterocycles. The molecule has 1 aromatic heterocycles. The van der Waals surface area contributed by atoms with E-state index in [1.54, 1.807) is 7.11 Å². The van der Waals surface area contributed by atoms with Crippen molar-refractivity contribution in [2.45, 2.75) is 47.1 Å². The highest BCUT2D eigenvalue weighted by Crippen LogP contribution is 2.23. The highest BCUT2D eigenvalue weighted by atomic mass is 16.6. The molecular weight excluding hydrogens is 370 g/mol. The number of Topliss-reactive ketones (excluding diaryl/α,β-unsaturated/α-hetero) is 1. The molecular formula is C23H31NO5. The van der Waals surface area contributed by atoms with Crippen LogP contribution in [0.15, 0.2) is 24.3 Å². The predicted molar refractivity (Wildman–Crippen MR) is 112 cm³/mol. The van der Waals surface area contributed by atoms with Crippen LogP contribution in [-0.4, -0.2) is 43.3 Å². The number of hydrogen-bond acceptors (Lipinski definition) is 5. The third-order valence-electron chi connectivity index (χ3n) is 4.98. The van der Waals surface area contributed by atoms with Crippen molar-refractivity contribution in [3.05, 3.63) is 52.3 Å². The summed E-state index contributed by atoms with van der Waals surface area (Å²) in [6, 6.07) is 7.57. The Balaban J connectivity index is 1.88. The molecule has 0 N–H and O–H groups in total. The van der Waals surface area contributed by atoms with Crippen LogP contribution in [0.5, 0.6) is 5.75 Å². The molecule has 1 heterocycles. The Bertz CT molecular complexity index is 866. The fourth-order valence-electron chi connectivity index (χ4n) is 3.40. The van der Waals surface area contributed by atoms with Gasteiger partial charge in [0.2, 0.25) is 5.78 Å². The van der Waals surface area contributed by atoms with E-state index in [9.17, 15) is 9.59 Å². The molecule has 29 heavy (non-hydrogen) atoms. The minimum absolute atomic E-state index is 0.229. The lowest BCUT2D eigenvalue weighted by molar-refractivity contribution is -0.144. The summed E-state index contributed by atoms with van der Waals surface area (Å²) in [7, 11) is 1.64. The van der Waals surface area contributed by atoms with Gasteiger partial charge in [-0.3, -0.25) is 4.79 Å². The van der Waals surface area contributed by atoms with Crippen LogP contribution in [0.25, 0.3) is 0 Å². The van der Waals surface area contributed by atoms with Gasteiger partial charge >= 0.3 is 5.97 Å². The van der Waals surface area contributed by atoms with Crippen LogP contribution < -0.4 is 4.74 Å². The van der Waals surface area contributed by atoms with Crippen molar-refractivity contribution in [2.75, 3.05) is 26.9 Å². The Hall–Kier alpha value is -2.60. The number of ketones is 1. The summed E-state index contributed by atoms with van der Waals surface area (Å²) in [5, 5.41) is 0. The Morgan fingerprint density at radius 1 is 1.07 bits per heavy atom. The van der Waals surface area contributed by atoms with Gasteiger partial charge in [0, 0.05) is 30.6 Å². The summed E-state index contributed by atoms with van der Waals surface area (Å²) in [5.74, 6) is 0.234. The zero-order chi connectivity index (χ0) is 21.6. The molecule has 0 unspecified atom stereocenters. The number of nitrogens with zero attached hydrogens (tertiary/aromatic N) is 1. The monoisotopic (exact) mass is 401 g/mol. The normalized spacial score (nSPS) is 11.0. The zero-order valence-electron chi connectivity index (χ0n) is 18.2. The highest BCUT2D eigenvalue weighted by Gasteiger charge is 2.17. The van der Waals surface area contributed by atoms with E-state index in [1.165, 1.54) is 5.56 Å². The van der Waals surface area contributed by atoms with Gasteiger partial charge in [0.15, 0.2) is 13.2 Å². The number of rotatable bonds is 10.